The second-order valence-electron chi connectivity index (χ2n) is 9.26. The molecule has 34 heavy (non-hydrogen) atoms. The van der Waals surface area contributed by atoms with Crippen LogP contribution >= 0.6 is 0 Å². The van der Waals surface area contributed by atoms with Gasteiger partial charge in [-0.15, -0.1) is 0 Å². The van der Waals surface area contributed by atoms with Gasteiger partial charge in [0.15, 0.2) is 9.84 Å². The summed E-state index contributed by atoms with van der Waals surface area (Å²) in [5.41, 5.74) is -0.678. The fourth-order valence-electron chi connectivity index (χ4n) is 5.24. The maximum Gasteiger partial charge on any atom is 0.274 e. The summed E-state index contributed by atoms with van der Waals surface area (Å²) >= 11 is 0. The van der Waals surface area contributed by atoms with E-state index in [2.05, 4.69) is 15.6 Å². The number of hydrogen-bond acceptors (Lipinski definition) is 7. The van der Waals surface area contributed by atoms with E-state index in [1.54, 1.807) is 19.9 Å². The molecule has 0 bridgehead atoms. The molecule has 11 heteroatoms. The van der Waals surface area contributed by atoms with E-state index < -0.39 is 43.7 Å². The standard InChI is InChI=1S/C23H29FN4O5S/c1-14-17(27-20(29)18-6-4-15(32-3)12-26-18)7-5-16(24)19(14)22(2)13-34(30,31)23(21(25)28-22)8-10-33-11-9-23/h4-7,12,14,19H,8-11,13H2,1-3H3,(H2,25,28)(H,27,29)/t14?,19?,22-/m0/s1. The summed E-state index contributed by atoms with van der Waals surface area (Å²) in [6, 6.07) is 3.12. The minimum atomic E-state index is -3.78. The Morgan fingerprint density at radius 2 is 2.03 bits per heavy atom. The van der Waals surface area contributed by atoms with E-state index in [1.165, 1.54) is 31.5 Å². The lowest BCUT2D eigenvalue weighted by atomic mass is 9.73. The lowest BCUT2D eigenvalue weighted by Gasteiger charge is -2.51. The second-order valence-corrected chi connectivity index (χ2v) is 11.6. The quantitative estimate of drug-likeness (QED) is 0.587. The number of pyridine rings is 1. The average Bonchev–Trinajstić information content (AvgIpc) is 2.80. The van der Waals surface area contributed by atoms with Gasteiger partial charge in [-0.3, -0.25) is 10.2 Å². The fraction of sp³-hybridized carbons (Fsp3) is 0.522. The molecule has 3 N–H and O–H groups in total. The van der Waals surface area contributed by atoms with Crippen LogP contribution in [0.1, 0.15) is 37.2 Å². The molecule has 4 rings (SSSR count). The first-order valence-corrected chi connectivity index (χ1v) is 12.7. The zero-order valence-electron chi connectivity index (χ0n) is 19.4. The molecule has 9 nitrogen and oxygen atoms in total. The van der Waals surface area contributed by atoms with Gasteiger partial charge in [-0.25, -0.2) is 17.8 Å². The van der Waals surface area contributed by atoms with Crippen molar-refractivity contribution in [2.24, 2.45) is 11.8 Å². The fourth-order valence-corrected chi connectivity index (χ4v) is 7.71. The van der Waals surface area contributed by atoms with E-state index in [1.807, 2.05) is 0 Å². The number of halogens is 1. The minimum absolute atomic E-state index is 0.118. The highest BCUT2D eigenvalue weighted by Gasteiger charge is 2.59. The van der Waals surface area contributed by atoms with Gasteiger partial charge in [-0.05, 0) is 44.1 Å². The molecule has 1 spiro atoms. The van der Waals surface area contributed by atoms with Gasteiger partial charge in [0.2, 0.25) is 0 Å². The summed E-state index contributed by atoms with van der Waals surface area (Å²) in [7, 11) is -2.28. The Balaban J connectivity index is 1.57. The van der Waals surface area contributed by atoms with Crippen molar-refractivity contribution in [1.29, 1.82) is 5.41 Å². The molecule has 1 aromatic heterocycles. The third-order valence-corrected chi connectivity index (χ3v) is 9.89. The first kappa shape index (κ1) is 24.3. The molecule has 0 radical (unpaired) electrons. The molecule has 2 aliphatic heterocycles. The largest absolute Gasteiger partial charge is 0.495 e. The van der Waals surface area contributed by atoms with Crippen LogP contribution in [0.2, 0.25) is 0 Å². The lowest BCUT2D eigenvalue weighted by molar-refractivity contribution is 0.0848. The molecule has 184 valence electrons. The molecule has 1 aliphatic carbocycles. The van der Waals surface area contributed by atoms with Crippen molar-refractivity contribution in [2.75, 3.05) is 26.1 Å². The van der Waals surface area contributed by atoms with Gasteiger partial charge in [-0.2, -0.15) is 0 Å². The van der Waals surface area contributed by atoms with Gasteiger partial charge in [-0.1, -0.05) is 6.92 Å². The Morgan fingerprint density at radius 3 is 2.62 bits per heavy atom. The minimum Gasteiger partial charge on any atom is -0.495 e. The zero-order chi connectivity index (χ0) is 24.7. The highest BCUT2D eigenvalue weighted by atomic mass is 32.2. The van der Waals surface area contributed by atoms with Crippen molar-refractivity contribution in [3.8, 4) is 5.75 Å². The molecule has 2 unspecified atom stereocenters. The Hall–Kier alpha value is -2.79. The highest BCUT2D eigenvalue weighted by Crippen LogP contribution is 2.45. The summed E-state index contributed by atoms with van der Waals surface area (Å²) in [6.45, 7) is 3.86. The van der Waals surface area contributed by atoms with Crippen LogP contribution in [0.5, 0.6) is 5.75 Å². The molecule has 3 atom stereocenters. The summed E-state index contributed by atoms with van der Waals surface area (Å²) in [4.78, 5) is 16.8. The summed E-state index contributed by atoms with van der Waals surface area (Å²) in [6.07, 6.45) is 4.54. The number of rotatable bonds is 4. The van der Waals surface area contributed by atoms with E-state index in [0.717, 1.165) is 0 Å². The molecular weight excluding hydrogens is 463 g/mol. The number of ether oxygens (including phenoxy) is 2. The number of amides is 1. The molecule has 1 amide bonds. The summed E-state index contributed by atoms with van der Waals surface area (Å²) < 4.78 is 51.2. The van der Waals surface area contributed by atoms with Gasteiger partial charge in [0.05, 0.1) is 24.6 Å². The number of carbonyl (C=O) groups is 1. The van der Waals surface area contributed by atoms with Gasteiger partial charge >= 0.3 is 0 Å². The van der Waals surface area contributed by atoms with Crippen molar-refractivity contribution >= 4 is 21.6 Å². The number of carbonyl (C=O) groups excluding carboxylic acids is 1. The molecule has 2 saturated heterocycles. The van der Waals surface area contributed by atoms with Crippen LogP contribution in [0.4, 0.5) is 4.39 Å². The predicted octanol–water partition coefficient (Wildman–Crippen LogP) is 2.13. The van der Waals surface area contributed by atoms with Crippen molar-refractivity contribution in [1.82, 2.24) is 15.6 Å². The summed E-state index contributed by atoms with van der Waals surface area (Å²) in [5.74, 6) is -2.41. The van der Waals surface area contributed by atoms with Gasteiger partial charge in [0, 0.05) is 30.7 Å². The maximum atomic E-state index is 15.2. The SMILES string of the molecule is COc1ccc(C(=O)NC2=CC=C(F)C([C@]3(C)CS(=O)(=O)C4(CCOCC4)C(=N)N3)C2C)nc1. The van der Waals surface area contributed by atoms with Gasteiger partial charge in [0.25, 0.3) is 5.91 Å². The number of hydrogen-bond donors (Lipinski definition) is 3. The smallest absolute Gasteiger partial charge is 0.274 e. The van der Waals surface area contributed by atoms with Crippen molar-refractivity contribution in [2.45, 2.75) is 37.0 Å². The Labute approximate surface area is 198 Å². The topological polar surface area (TPSA) is 130 Å². The molecule has 0 saturated carbocycles. The molecular formula is C23H29FN4O5S. The third-order valence-electron chi connectivity index (χ3n) is 7.11. The number of nitrogens with one attached hydrogen (secondary N) is 3. The Morgan fingerprint density at radius 1 is 1.32 bits per heavy atom. The number of methoxy groups -OCH3 is 1. The van der Waals surface area contributed by atoms with Crippen molar-refractivity contribution in [3.05, 3.63) is 47.7 Å². The number of nitrogens with zero attached hydrogens (tertiary/aromatic N) is 1. The Bertz CT molecular complexity index is 1160. The first-order valence-electron chi connectivity index (χ1n) is 11.1. The average molecular weight is 493 g/mol. The van der Waals surface area contributed by atoms with Crippen LogP contribution < -0.4 is 15.4 Å². The van der Waals surface area contributed by atoms with Gasteiger partial charge < -0.3 is 20.1 Å². The lowest BCUT2D eigenvalue weighted by Crippen LogP contribution is -2.71. The Kier molecular flexibility index (Phi) is 6.28. The molecule has 3 aliphatic rings. The number of aromatic nitrogens is 1. The van der Waals surface area contributed by atoms with Crippen molar-refractivity contribution < 1.29 is 27.1 Å². The third kappa shape index (κ3) is 4.00. The molecule has 0 aromatic carbocycles. The number of amidine groups is 1. The van der Waals surface area contributed by atoms with Crippen LogP contribution in [0.15, 0.2) is 42.0 Å². The van der Waals surface area contributed by atoms with E-state index in [0.29, 0.717) is 11.4 Å². The van der Waals surface area contributed by atoms with Crippen LogP contribution in [0.3, 0.4) is 0 Å². The monoisotopic (exact) mass is 492 g/mol. The van der Waals surface area contributed by atoms with Gasteiger partial charge in [0.1, 0.15) is 27.9 Å². The second kappa shape index (κ2) is 8.77. The molecule has 3 heterocycles. The zero-order valence-corrected chi connectivity index (χ0v) is 20.2. The van der Waals surface area contributed by atoms with Crippen molar-refractivity contribution in [3.63, 3.8) is 0 Å². The summed E-state index contributed by atoms with van der Waals surface area (Å²) in [5, 5.41) is 14.4. The van der Waals surface area contributed by atoms with E-state index in [9.17, 15) is 13.2 Å². The maximum absolute atomic E-state index is 15.2. The van der Waals surface area contributed by atoms with Crippen LogP contribution in [0, 0.1) is 17.2 Å². The predicted molar refractivity (Wildman–Crippen MR) is 124 cm³/mol. The number of allylic oxidation sites excluding steroid dienone is 3. The first-order chi connectivity index (χ1) is 16.0. The van der Waals surface area contributed by atoms with E-state index >= 15 is 4.39 Å². The van der Waals surface area contributed by atoms with E-state index in [4.69, 9.17) is 14.9 Å². The normalized spacial score (nSPS) is 30.1. The molecule has 1 aromatic rings. The van der Waals surface area contributed by atoms with Crippen LogP contribution in [-0.4, -0.2) is 61.5 Å². The molecule has 2 fully saturated rings. The van der Waals surface area contributed by atoms with Crippen LogP contribution in [-0.2, 0) is 14.6 Å². The highest BCUT2D eigenvalue weighted by molar-refractivity contribution is 7.93. The van der Waals surface area contributed by atoms with Crippen LogP contribution in [0.25, 0.3) is 0 Å². The number of sulfone groups is 1. The van der Waals surface area contributed by atoms with E-state index in [-0.39, 0.29) is 43.3 Å².